The largest absolute Gasteiger partial charge is 0.381 e. The highest BCUT2D eigenvalue weighted by molar-refractivity contribution is 4.74. The van der Waals surface area contributed by atoms with Crippen LogP contribution in [0.15, 0.2) is 0 Å². The Kier molecular flexibility index (Phi) is 2.72. The molecule has 0 radical (unpaired) electrons. The van der Waals surface area contributed by atoms with Crippen molar-refractivity contribution in [2.75, 3.05) is 7.11 Å². The van der Waals surface area contributed by atoms with E-state index in [0.29, 0.717) is 6.10 Å². The maximum atomic E-state index is 5.31. The lowest BCUT2D eigenvalue weighted by atomic mass is 9.80. The minimum atomic E-state index is 0.547. The number of hydrogen-bond donors (Lipinski definition) is 0. The van der Waals surface area contributed by atoms with E-state index in [2.05, 4.69) is 13.8 Å². The minimum absolute atomic E-state index is 0.547. The topological polar surface area (TPSA) is 9.23 Å². The van der Waals surface area contributed by atoms with E-state index in [0.717, 1.165) is 11.8 Å². The van der Waals surface area contributed by atoms with Crippen LogP contribution in [0.3, 0.4) is 0 Å². The summed E-state index contributed by atoms with van der Waals surface area (Å²) in [6, 6.07) is 0. The Bertz CT molecular complexity index is 101. The van der Waals surface area contributed by atoms with E-state index >= 15 is 0 Å². The molecule has 0 bridgehead atoms. The lowest BCUT2D eigenvalue weighted by Crippen LogP contribution is -2.25. The molecule has 1 saturated carbocycles. The van der Waals surface area contributed by atoms with Gasteiger partial charge < -0.3 is 4.74 Å². The summed E-state index contributed by atoms with van der Waals surface area (Å²) >= 11 is 0. The standard InChI is InChI=1S/C9H18O/c1-7-4-5-9(10-3)6-8(7)2/h7-9H,4-6H2,1-3H3/t7-,8+,9+/m0/s1. The second kappa shape index (κ2) is 3.38. The fourth-order valence-electron chi connectivity index (χ4n) is 1.71. The van der Waals surface area contributed by atoms with Crippen LogP contribution < -0.4 is 0 Å². The van der Waals surface area contributed by atoms with E-state index in [1.54, 1.807) is 0 Å². The zero-order chi connectivity index (χ0) is 7.56. The first-order chi connectivity index (χ1) is 4.74. The van der Waals surface area contributed by atoms with Crippen LogP contribution in [0.1, 0.15) is 33.1 Å². The van der Waals surface area contributed by atoms with Gasteiger partial charge >= 0.3 is 0 Å². The number of rotatable bonds is 1. The molecule has 0 aromatic rings. The van der Waals surface area contributed by atoms with Crippen LogP contribution >= 0.6 is 0 Å². The summed E-state index contributed by atoms with van der Waals surface area (Å²) in [6.45, 7) is 4.67. The van der Waals surface area contributed by atoms with Gasteiger partial charge in [-0.05, 0) is 31.1 Å². The number of ether oxygens (including phenoxy) is 1. The van der Waals surface area contributed by atoms with Crippen molar-refractivity contribution in [2.45, 2.75) is 39.2 Å². The highest BCUT2D eigenvalue weighted by atomic mass is 16.5. The van der Waals surface area contributed by atoms with Gasteiger partial charge in [-0.25, -0.2) is 0 Å². The van der Waals surface area contributed by atoms with Crippen molar-refractivity contribution < 1.29 is 4.74 Å². The molecule has 1 rings (SSSR count). The Balaban J connectivity index is 2.33. The maximum absolute atomic E-state index is 5.31. The van der Waals surface area contributed by atoms with Crippen LogP contribution in [0.2, 0.25) is 0 Å². The molecule has 0 spiro atoms. The molecular weight excluding hydrogens is 124 g/mol. The first-order valence-electron chi connectivity index (χ1n) is 4.26. The Morgan fingerprint density at radius 3 is 2.30 bits per heavy atom. The van der Waals surface area contributed by atoms with Gasteiger partial charge in [-0.2, -0.15) is 0 Å². The Morgan fingerprint density at radius 1 is 1.10 bits per heavy atom. The van der Waals surface area contributed by atoms with Crippen LogP contribution in [0.4, 0.5) is 0 Å². The smallest absolute Gasteiger partial charge is 0.0574 e. The molecule has 0 saturated heterocycles. The van der Waals surface area contributed by atoms with E-state index in [4.69, 9.17) is 4.74 Å². The van der Waals surface area contributed by atoms with Gasteiger partial charge in [0, 0.05) is 7.11 Å². The van der Waals surface area contributed by atoms with Crippen molar-refractivity contribution in [1.82, 2.24) is 0 Å². The van der Waals surface area contributed by atoms with Crippen LogP contribution in [0.25, 0.3) is 0 Å². The van der Waals surface area contributed by atoms with Crippen LogP contribution in [-0.2, 0) is 4.74 Å². The van der Waals surface area contributed by atoms with Gasteiger partial charge in [-0.15, -0.1) is 0 Å². The molecule has 0 heterocycles. The summed E-state index contributed by atoms with van der Waals surface area (Å²) in [5.74, 6) is 1.77. The Labute approximate surface area is 63.8 Å². The summed E-state index contributed by atoms with van der Waals surface area (Å²) < 4.78 is 5.31. The zero-order valence-electron chi connectivity index (χ0n) is 7.26. The maximum Gasteiger partial charge on any atom is 0.0574 e. The molecule has 1 fully saturated rings. The Morgan fingerprint density at radius 2 is 1.80 bits per heavy atom. The average Bonchev–Trinajstić information content (AvgIpc) is 1.95. The summed E-state index contributed by atoms with van der Waals surface area (Å²) in [5, 5.41) is 0. The summed E-state index contributed by atoms with van der Waals surface area (Å²) in [5.41, 5.74) is 0. The molecule has 0 unspecified atom stereocenters. The molecule has 1 nitrogen and oxygen atoms in total. The van der Waals surface area contributed by atoms with Crippen molar-refractivity contribution in [3.63, 3.8) is 0 Å². The molecule has 0 aliphatic heterocycles. The first-order valence-corrected chi connectivity index (χ1v) is 4.26. The predicted octanol–water partition coefficient (Wildman–Crippen LogP) is 2.46. The third-order valence-electron chi connectivity index (χ3n) is 2.88. The molecule has 1 aliphatic carbocycles. The third kappa shape index (κ3) is 1.72. The lowest BCUT2D eigenvalue weighted by Gasteiger charge is -2.30. The van der Waals surface area contributed by atoms with E-state index in [9.17, 15) is 0 Å². The predicted molar refractivity (Wildman–Crippen MR) is 43.0 cm³/mol. The second-order valence-electron chi connectivity index (χ2n) is 3.63. The fourth-order valence-corrected chi connectivity index (χ4v) is 1.71. The van der Waals surface area contributed by atoms with Crippen LogP contribution in [0, 0.1) is 11.8 Å². The van der Waals surface area contributed by atoms with Gasteiger partial charge in [-0.3, -0.25) is 0 Å². The molecular formula is C9H18O. The molecule has 10 heavy (non-hydrogen) atoms. The first kappa shape index (κ1) is 8.06. The monoisotopic (exact) mass is 142 g/mol. The second-order valence-corrected chi connectivity index (χ2v) is 3.63. The van der Waals surface area contributed by atoms with E-state index in [1.165, 1.54) is 19.3 Å². The Hall–Kier alpha value is -0.0400. The normalized spacial score (nSPS) is 41.7. The van der Waals surface area contributed by atoms with Crippen molar-refractivity contribution in [3.05, 3.63) is 0 Å². The SMILES string of the molecule is CO[C@@H]1CC[C@H](C)[C@H](C)C1. The van der Waals surface area contributed by atoms with Gasteiger partial charge in [0.1, 0.15) is 0 Å². The van der Waals surface area contributed by atoms with Crippen molar-refractivity contribution >= 4 is 0 Å². The van der Waals surface area contributed by atoms with Crippen molar-refractivity contribution in [2.24, 2.45) is 11.8 Å². The van der Waals surface area contributed by atoms with E-state index in [-0.39, 0.29) is 0 Å². The summed E-state index contributed by atoms with van der Waals surface area (Å²) in [7, 11) is 1.83. The summed E-state index contributed by atoms with van der Waals surface area (Å²) in [6.07, 6.45) is 4.42. The fraction of sp³-hybridized carbons (Fsp3) is 1.00. The lowest BCUT2D eigenvalue weighted by molar-refractivity contribution is 0.0368. The zero-order valence-corrected chi connectivity index (χ0v) is 7.26. The molecule has 0 aromatic heterocycles. The molecule has 0 amide bonds. The quantitative estimate of drug-likeness (QED) is 0.546. The highest BCUT2D eigenvalue weighted by Crippen LogP contribution is 2.30. The molecule has 3 atom stereocenters. The number of hydrogen-bond acceptors (Lipinski definition) is 1. The van der Waals surface area contributed by atoms with Gasteiger partial charge in [0.25, 0.3) is 0 Å². The van der Waals surface area contributed by atoms with Crippen molar-refractivity contribution in [1.29, 1.82) is 0 Å². The molecule has 1 aliphatic rings. The van der Waals surface area contributed by atoms with Gasteiger partial charge in [-0.1, -0.05) is 13.8 Å². The van der Waals surface area contributed by atoms with Crippen LogP contribution in [0.5, 0.6) is 0 Å². The molecule has 0 aromatic carbocycles. The van der Waals surface area contributed by atoms with Crippen LogP contribution in [-0.4, -0.2) is 13.2 Å². The summed E-state index contributed by atoms with van der Waals surface area (Å²) in [4.78, 5) is 0. The van der Waals surface area contributed by atoms with Crippen molar-refractivity contribution in [3.8, 4) is 0 Å². The van der Waals surface area contributed by atoms with Gasteiger partial charge in [0.2, 0.25) is 0 Å². The third-order valence-corrected chi connectivity index (χ3v) is 2.88. The average molecular weight is 142 g/mol. The van der Waals surface area contributed by atoms with Gasteiger partial charge in [0.05, 0.1) is 6.10 Å². The molecule has 1 heteroatoms. The molecule has 60 valence electrons. The van der Waals surface area contributed by atoms with E-state index in [1.807, 2.05) is 7.11 Å². The number of methoxy groups -OCH3 is 1. The highest BCUT2D eigenvalue weighted by Gasteiger charge is 2.23. The van der Waals surface area contributed by atoms with E-state index < -0.39 is 0 Å². The minimum Gasteiger partial charge on any atom is -0.381 e. The molecule has 0 N–H and O–H groups in total. The van der Waals surface area contributed by atoms with Gasteiger partial charge in [0.15, 0.2) is 0 Å².